The number of nitrogens with one attached hydrogen (secondary N) is 1. The van der Waals surface area contributed by atoms with E-state index in [1.165, 1.54) is 0 Å². The molecule has 0 unspecified atom stereocenters. The average molecular weight is 168 g/mol. The Morgan fingerprint density at radius 2 is 2.10 bits per heavy atom. The molecule has 0 aromatic carbocycles. The van der Waals surface area contributed by atoms with E-state index in [-0.39, 0.29) is 12.4 Å². The van der Waals surface area contributed by atoms with Crippen LogP contribution in [0.4, 0.5) is 0 Å². The topological polar surface area (TPSA) is 49.3 Å². The number of hydrogen-bond acceptors (Lipinski definition) is 2. The highest BCUT2D eigenvalue weighted by atomic mass is 35.5. The van der Waals surface area contributed by atoms with Crippen molar-refractivity contribution in [2.24, 2.45) is 0 Å². The van der Waals surface area contributed by atoms with E-state index in [2.05, 4.69) is 5.32 Å². The summed E-state index contributed by atoms with van der Waals surface area (Å²) in [7, 11) is 1.65. The highest BCUT2D eigenvalue weighted by molar-refractivity contribution is 5.85. The Morgan fingerprint density at radius 3 is 2.10 bits per heavy atom. The zero-order valence-electron chi connectivity index (χ0n) is 6.47. The lowest BCUT2D eigenvalue weighted by Gasteiger charge is -2.21. The lowest BCUT2D eigenvalue weighted by molar-refractivity contribution is -0.144. The summed E-state index contributed by atoms with van der Waals surface area (Å²) in [6.07, 6.45) is 0.596. The summed E-state index contributed by atoms with van der Waals surface area (Å²) in [4.78, 5) is 10.4. The SMILES string of the molecule is CC[C@](C)(NC)C(=O)O.Cl. The van der Waals surface area contributed by atoms with Crippen molar-refractivity contribution in [2.45, 2.75) is 25.8 Å². The number of carboxylic acid groups (broad SMARTS) is 1. The Morgan fingerprint density at radius 1 is 1.70 bits per heavy atom. The molecule has 0 fully saturated rings. The number of hydrogen-bond donors (Lipinski definition) is 2. The van der Waals surface area contributed by atoms with Gasteiger partial charge in [-0.3, -0.25) is 4.79 Å². The van der Waals surface area contributed by atoms with Crippen molar-refractivity contribution in [2.75, 3.05) is 7.05 Å². The Labute approximate surface area is 67.2 Å². The molecule has 0 rings (SSSR count). The zero-order chi connectivity index (χ0) is 7.49. The van der Waals surface area contributed by atoms with Gasteiger partial charge in [0.15, 0.2) is 0 Å². The molecule has 0 aliphatic carbocycles. The molecule has 4 heteroatoms. The van der Waals surface area contributed by atoms with Gasteiger partial charge in [-0.2, -0.15) is 0 Å². The van der Waals surface area contributed by atoms with Crippen LogP contribution in [0.3, 0.4) is 0 Å². The smallest absolute Gasteiger partial charge is 0.323 e. The van der Waals surface area contributed by atoms with Crippen molar-refractivity contribution in [1.29, 1.82) is 0 Å². The molecule has 0 aromatic heterocycles. The molecule has 0 aliphatic heterocycles. The number of likely N-dealkylation sites (N-methyl/N-ethyl adjacent to an activating group) is 1. The van der Waals surface area contributed by atoms with E-state index < -0.39 is 11.5 Å². The summed E-state index contributed by atoms with van der Waals surface area (Å²) in [6, 6.07) is 0. The third kappa shape index (κ3) is 2.54. The van der Waals surface area contributed by atoms with Crippen molar-refractivity contribution in [3.8, 4) is 0 Å². The fourth-order valence-corrected chi connectivity index (χ4v) is 0.435. The number of halogens is 1. The maximum Gasteiger partial charge on any atom is 0.323 e. The van der Waals surface area contributed by atoms with Crippen molar-refractivity contribution in [3.63, 3.8) is 0 Å². The van der Waals surface area contributed by atoms with Gasteiger partial charge in [0.25, 0.3) is 0 Å². The first-order valence-electron chi connectivity index (χ1n) is 2.99. The molecule has 0 aliphatic rings. The molecular weight excluding hydrogens is 154 g/mol. The van der Waals surface area contributed by atoms with Gasteiger partial charge in [-0.15, -0.1) is 12.4 Å². The monoisotopic (exact) mass is 167 g/mol. The highest BCUT2D eigenvalue weighted by Crippen LogP contribution is 2.06. The quantitative estimate of drug-likeness (QED) is 0.656. The minimum Gasteiger partial charge on any atom is -0.480 e. The lowest BCUT2D eigenvalue weighted by atomic mass is 10.0. The van der Waals surface area contributed by atoms with Gasteiger partial charge in [-0.05, 0) is 20.4 Å². The molecule has 0 bridgehead atoms. The number of aliphatic carboxylic acids is 1. The summed E-state index contributed by atoms with van der Waals surface area (Å²) >= 11 is 0. The van der Waals surface area contributed by atoms with E-state index in [0.29, 0.717) is 6.42 Å². The molecule has 0 saturated carbocycles. The molecule has 0 aromatic rings. The van der Waals surface area contributed by atoms with E-state index >= 15 is 0 Å². The second-order valence-electron chi connectivity index (χ2n) is 2.24. The van der Waals surface area contributed by atoms with Crippen molar-refractivity contribution >= 4 is 18.4 Å². The minimum atomic E-state index is -0.799. The van der Waals surface area contributed by atoms with Crippen LogP contribution in [0.5, 0.6) is 0 Å². The largest absolute Gasteiger partial charge is 0.480 e. The van der Waals surface area contributed by atoms with Crippen LogP contribution in [0.2, 0.25) is 0 Å². The normalized spacial score (nSPS) is 15.1. The van der Waals surface area contributed by atoms with Crippen LogP contribution in [0.1, 0.15) is 20.3 Å². The van der Waals surface area contributed by atoms with E-state index in [1.54, 1.807) is 14.0 Å². The molecular formula is C6H14ClNO2. The first-order valence-corrected chi connectivity index (χ1v) is 2.99. The molecule has 10 heavy (non-hydrogen) atoms. The predicted molar refractivity (Wildman–Crippen MR) is 42.6 cm³/mol. The molecule has 0 heterocycles. The summed E-state index contributed by atoms with van der Waals surface area (Å²) < 4.78 is 0. The van der Waals surface area contributed by atoms with Crippen molar-refractivity contribution in [3.05, 3.63) is 0 Å². The first-order chi connectivity index (χ1) is 4.06. The summed E-state index contributed by atoms with van der Waals surface area (Å²) in [5.41, 5.74) is -0.750. The maximum atomic E-state index is 10.4. The highest BCUT2D eigenvalue weighted by Gasteiger charge is 2.27. The van der Waals surface area contributed by atoms with E-state index in [4.69, 9.17) is 5.11 Å². The molecule has 3 nitrogen and oxygen atoms in total. The van der Waals surface area contributed by atoms with Gasteiger partial charge in [-0.1, -0.05) is 6.92 Å². The summed E-state index contributed by atoms with van der Waals surface area (Å²) in [5, 5.41) is 11.3. The molecule has 0 radical (unpaired) electrons. The minimum absolute atomic E-state index is 0. The molecule has 1 atom stereocenters. The standard InChI is InChI=1S/C6H13NO2.ClH/c1-4-6(2,7-3)5(8)9;/h7H,4H2,1-3H3,(H,8,9);1H/t6-;/m0./s1. The predicted octanol–water partition coefficient (Wildman–Crippen LogP) is 0.881. The van der Waals surface area contributed by atoms with Gasteiger partial charge >= 0.3 is 5.97 Å². The van der Waals surface area contributed by atoms with Gasteiger partial charge in [-0.25, -0.2) is 0 Å². The fraction of sp³-hybridized carbons (Fsp3) is 0.833. The number of carbonyl (C=O) groups is 1. The summed E-state index contributed by atoms with van der Waals surface area (Å²) in [6.45, 7) is 3.50. The van der Waals surface area contributed by atoms with Gasteiger partial charge in [0.1, 0.15) is 5.54 Å². The maximum absolute atomic E-state index is 10.4. The Hall–Kier alpha value is -0.280. The van der Waals surface area contributed by atoms with E-state index in [0.717, 1.165) is 0 Å². The van der Waals surface area contributed by atoms with Gasteiger partial charge < -0.3 is 10.4 Å². The van der Waals surface area contributed by atoms with Crippen LogP contribution in [-0.4, -0.2) is 23.7 Å². The molecule has 62 valence electrons. The second kappa shape index (κ2) is 4.52. The fourth-order valence-electron chi connectivity index (χ4n) is 0.435. The third-order valence-corrected chi connectivity index (χ3v) is 1.73. The number of rotatable bonds is 3. The summed E-state index contributed by atoms with van der Waals surface area (Å²) in [5.74, 6) is -0.799. The number of carboxylic acids is 1. The molecule has 0 saturated heterocycles. The molecule has 0 spiro atoms. The van der Waals surface area contributed by atoms with Gasteiger partial charge in [0.05, 0.1) is 0 Å². The Bertz CT molecular complexity index is 112. The first kappa shape index (κ1) is 12.4. The lowest BCUT2D eigenvalue weighted by Crippen LogP contribution is -2.46. The van der Waals surface area contributed by atoms with Crippen LogP contribution in [0.15, 0.2) is 0 Å². The second-order valence-corrected chi connectivity index (χ2v) is 2.24. The molecule has 0 amide bonds. The van der Waals surface area contributed by atoms with E-state index in [9.17, 15) is 4.79 Å². The van der Waals surface area contributed by atoms with Crippen LogP contribution in [0.25, 0.3) is 0 Å². The Kier molecular flexibility index (Phi) is 5.61. The molecule has 2 N–H and O–H groups in total. The van der Waals surface area contributed by atoms with Crippen molar-refractivity contribution in [1.82, 2.24) is 5.32 Å². The Balaban J connectivity index is 0. The van der Waals surface area contributed by atoms with Crippen LogP contribution < -0.4 is 5.32 Å². The van der Waals surface area contributed by atoms with E-state index in [1.807, 2.05) is 6.92 Å². The third-order valence-electron chi connectivity index (χ3n) is 1.73. The van der Waals surface area contributed by atoms with Crippen LogP contribution in [0, 0.1) is 0 Å². The van der Waals surface area contributed by atoms with Gasteiger partial charge in [0, 0.05) is 0 Å². The van der Waals surface area contributed by atoms with Crippen molar-refractivity contribution < 1.29 is 9.90 Å². The zero-order valence-corrected chi connectivity index (χ0v) is 7.29. The average Bonchev–Trinajstić information content (AvgIpc) is 1.86. The van der Waals surface area contributed by atoms with Crippen LogP contribution in [-0.2, 0) is 4.79 Å². The van der Waals surface area contributed by atoms with Gasteiger partial charge in [0.2, 0.25) is 0 Å². The van der Waals surface area contributed by atoms with Crippen LogP contribution >= 0.6 is 12.4 Å².